The molecular formula is C25H27N5O4. The Hall–Kier alpha value is -4.01. The van der Waals surface area contributed by atoms with Crippen LogP contribution in [0.4, 0.5) is 11.9 Å². The highest BCUT2D eigenvalue weighted by Crippen LogP contribution is 2.45. The van der Waals surface area contributed by atoms with Gasteiger partial charge >= 0.3 is 0 Å². The van der Waals surface area contributed by atoms with Gasteiger partial charge in [0.2, 0.25) is 11.9 Å². The Bertz CT molecular complexity index is 1260. The molecule has 1 aliphatic heterocycles. The molecule has 1 aliphatic carbocycles. The molecule has 0 fully saturated rings. The second-order valence-corrected chi connectivity index (χ2v) is 8.30. The summed E-state index contributed by atoms with van der Waals surface area (Å²) in [5, 5.41) is 7.70. The molecule has 0 saturated carbocycles. The fraction of sp³-hybridized carbons (Fsp3) is 0.320. The number of hydrogen-bond acceptors (Lipinski definition) is 8. The van der Waals surface area contributed by atoms with Crippen LogP contribution in [0.2, 0.25) is 0 Å². The van der Waals surface area contributed by atoms with Gasteiger partial charge in [-0.25, -0.2) is 4.68 Å². The second-order valence-electron chi connectivity index (χ2n) is 8.30. The van der Waals surface area contributed by atoms with Gasteiger partial charge in [-0.3, -0.25) is 4.79 Å². The molecule has 0 saturated heterocycles. The summed E-state index contributed by atoms with van der Waals surface area (Å²) in [6.07, 6.45) is 1.03. The average molecular weight is 462 g/mol. The van der Waals surface area contributed by atoms with E-state index in [1.165, 1.54) is 0 Å². The molecule has 3 N–H and O–H groups in total. The molecule has 0 amide bonds. The minimum Gasteiger partial charge on any atom is -0.494 e. The van der Waals surface area contributed by atoms with Gasteiger partial charge in [0.05, 0.1) is 20.8 Å². The van der Waals surface area contributed by atoms with Gasteiger partial charge in [-0.1, -0.05) is 18.2 Å². The van der Waals surface area contributed by atoms with E-state index in [9.17, 15) is 4.79 Å². The number of benzene rings is 2. The first kappa shape index (κ1) is 21.8. The fourth-order valence-corrected chi connectivity index (χ4v) is 4.79. The highest BCUT2D eigenvalue weighted by Gasteiger charge is 2.39. The molecular weight excluding hydrogens is 434 g/mol. The van der Waals surface area contributed by atoms with Crippen LogP contribution in [-0.4, -0.2) is 41.4 Å². The smallest absolute Gasteiger partial charge is 0.241 e. The summed E-state index contributed by atoms with van der Waals surface area (Å²) >= 11 is 0. The summed E-state index contributed by atoms with van der Waals surface area (Å²) in [5.74, 6) is 2.81. The minimum absolute atomic E-state index is 0.00800. The first-order chi connectivity index (χ1) is 16.5. The zero-order valence-electron chi connectivity index (χ0n) is 19.4. The maximum Gasteiger partial charge on any atom is 0.241 e. The lowest BCUT2D eigenvalue weighted by molar-refractivity contribution is -0.116. The molecule has 0 unspecified atom stereocenters. The van der Waals surface area contributed by atoms with Crippen molar-refractivity contribution < 1.29 is 19.0 Å². The molecule has 5 rings (SSSR count). The number of ether oxygens (including phenoxy) is 3. The van der Waals surface area contributed by atoms with Crippen LogP contribution in [0.5, 0.6) is 17.2 Å². The van der Waals surface area contributed by atoms with Crippen molar-refractivity contribution in [3.63, 3.8) is 0 Å². The van der Waals surface area contributed by atoms with Crippen LogP contribution in [0.15, 0.2) is 53.7 Å². The fourth-order valence-electron chi connectivity index (χ4n) is 4.79. The van der Waals surface area contributed by atoms with Crippen LogP contribution >= 0.6 is 0 Å². The molecule has 2 atom stereocenters. The van der Waals surface area contributed by atoms with Crippen LogP contribution in [0.1, 0.15) is 42.9 Å². The number of nitrogens with two attached hydrogens (primary N) is 1. The zero-order valence-corrected chi connectivity index (χ0v) is 19.4. The number of hydrogen-bond donors (Lipinski definition) is 2. The van der Waals surface area contributed by atoms with E-state index < -0.39 is 6.04 Å². The molecule has 2 aromatic carbocycles. The molecule has 176 valence electrons. The zero-order chi connectivity index (χ0) is 23.8. The molecule has 0 bridgehead atoms. The monoisotopic (exact) mass is 461 g/mol. The number of nitrogens with one attached hydrogen (secondary N) is 1. The molecule has 0 spiro atoms. The van der Waals surface area contributed by atoms with Crippen molar-refractivity contribution in [3.8, 4) is 17.2 Å². The third-order valence-electron chi connectivity index (χ3n) is 6.32. The first-order valence-corrected chi connectivity index (χ1v) is 11.2. The number of fused-ring (bicyclic) bond motifs is 1. The predicted octanol–water partition coefficient (Wildman–Crippen LogP) is 3.69. The highest BCUT2D eigenvalue weighted by atomic mass is 16.5. The third-order valence-corrected chi connectivity index (χ3v) is 6.32. The Kier molecular flexibility index (Phi) is 5.61. The standard InChI is InChI=1S/C25H27N5O4/c1-4-34-17-8-5-14(6-9-17)23-22-18(27-25-28-24(26)29-30(23)25)11-16(12-19(22)31)15-7-10-20(32-2)21(13-15)33-3/h5-10,13,16,23H,4,11-12H2,1-3H3,(H3,26,27,28,29)/t16-,23+/m0/s1. The van der Waals surface area contributed by atoms with Crippen molar-refractivity contribution in [1.29, 1.82) is 0 Å². The number of nitrogens with zero attached hydrogens (tertiary/aromatic N) is 3. The lowest BCUT2D eigenvalue weighted by Gasteiger charge is -2.35. The van der Waals surface area contributed by atoms with E-state index in [1.807, 2.05) is 49.4 Å². The number of allylic oxidation sites excluding steroid dienone is 2. The van der Waals surface area contributed by atoms with Gasteiger partial charge in [-0.15, -0.1) is 5.10 Å². The second kappa shape index (κ2) is 8.74. The quantitative estimate of drug-likeness (QED) is 0.571. The van der Waals surface area contributed by atoms with Crippen molar-refractivity contribution in [2.75, 3.05) is 31.9 Å². The minimum atomic E-state index is -0.411. The Morgan fingerprint density at radius 3 is 2.50 bits per heavy atom. The Morgan fingerprint density at radius 1 is 1.06 bits per heavy atom. The van der Waals surface area contributed by atoms with Gasteiger partial charge in [-0.05, 0) is 54.7 Å². The molecule has 1 aromatic heterocycles. The Balaban J connectivity index is 1.54. The van der Waals surface area contributed by atoms with E-state index in [-0.39, 0.29) is 17.6 Å². The first-order valence-electron chi connectivity index (χ1n) is 11.2. The van der Waals surface area contributed by atoms with E-state index in [0.29, 0.717) is 42.5 Å². The number of nitrogen functional groups attached to an aromatic ring is 1. The topological polar surface area (TPSA) is 114 Å². The van der Waals surface area contributed by atoms with E-state index in [4.69, 9.17) is 19.9 Å². The molecule has 3 aromatic rings. The highest BCUT2D eigenvalue weighted by molar-refractivity contribution is 6.00. The van der Waals surface area contributed by atoms with Gasteiger partial charge < -0.3 is 25.3 Å². The molecule has 9 heteroatoms. The number of rotatable bonds is 6. The van der Waals surface area contributed by atoms with Crippen LogP contribution in [0.25, 0.3) is 0 Å². The lowest BCUT2D eigenvalue weighted by Crippen LogP contribution is -2.33. The van der Waals surface area contributed by atoms with Crippen molar-refractivity contribution in [2.24, 2.45) is 0 Å². The number of carbonyl (C=O) groups is 1. The lowest BCUT2D eigenvalue weighted by atomic mass is 9.78. The van der Waals surface area contributed by atoms with Crippen molar-refractivity contribution in [1.82, 2.24) is 14.8 Å². The van der Waals surface area contributed by atoms with Gasteiger partial charge in [0.15, 0.2) is 17.3 Å². The molecule has 0 radical (unpaired) electrons. The normalized spacial score (nSPS) is 19.2. The van der Waals surface area contributed by atoms with E-state index >= 15 is 0 Å². The number of methoxy groups -OCH3 is 2. The van der Waals surface area contributed by atoms with Crippen LogP contribution in [-0.2, 0) is 4.79 Å². The summed E-state index contributed by atoms with van der Waals surface area (Å²) in [5.41, 5.74) is 9.40. The number of ketones is 1. The van der Waals surface area contributed by atoms with E-state index in [2.05, 4.69) is 15.4 Å². The number of aromatic nitrogens is 3. The van der Waals surface area contributed by atoms with Crippen molar-refractivity contribution in [3.05, 3.63) is 64.9 Å². The Labute approximate surface area is 197 Å². The molecule has 9 nitrogen and oxygen atoms in total. The predicted molar refractivity (Wildman–Crippen MR) is 127 cm³/mol. The van der Waals surface area contributed by atoms with Gasteiger partial charge in [0, 0.05) is 17.7 Å². The maximum atomic E-state index is 13.6. The molecule has 2 aliphatic rings. The van der Waals surface area contributed by atoms with Gasteiger partial charge in [-0.2, -0.15) is 4.98 Å². The van der Waals surface area contributed by atoms with Crippen molar-refractivity contribution in [2.45, 2.75) is 31.7 Å². The van der Waals surface area contributed by atoms with E-state index in [0.717, 1.165) is 22.6 Å². The number of Topliss-reactive ketones (excluding diaryl/α,β-unsaturated/α-hetero) is 1. The van der Waals surface area contributed by atoms with Crippen LogP contribution in [0.3, 0.4) is 0 Å². The third kappa shape index (κ3) is 3.72. The summed E-state index contributed by atoms with van der Waals surface area (Å²) in [6, 6.07) is 13.1. The number of anilines is 2. The largest absolute Gasteiger partial charge is 0.494 e. The average Bonchev–Trinajstić information content (AvgIpc) is 3.22. The molecule has 34 heavy (non-hydrogen) atoms. The van der Waals surface area contributed by atoms with Crippen molar-refractivity contribution >= 4 is 17.7 Å². The van der Waals surface area contributed by atoms with Crippen LogP contribution < -0.4 is 25.3 Å². The summed E-state index contributed by atoms with van der Waals surface area (Å²) < 4.78 is 18.1. The van der Waals surface area contributed by atoms with Gasteiger partial charge in [0.1, 0.15) is 11.8 Å². The number of carbonyl (C=O) groups excluding carboxylic acids is 1. The Morgan fingerprint density at radius 2 is 1.79 bits per heavy atom. The maximum absolute atomic E-state index is 13.6. The summed E-state index contributed by atoms with van der Waals surface area (Å²) in [7, 11) is 3.21. The van der Waals surface area contributed by atoms with E-state index in [1.54, 1.807) is 18.9 Å². The molecule has 2 heterocycles. The van der Waals surface area contributed by atoms with Gasteiger partial charge in [0.25, 0.3) is 0 Å². The summed E-state index contributed by atoms with van der Waals surface area (Å²) in [4.78, 5) is 17.9. The summed E-state index contributed by atoms with van der Waals surface area (Å²) in [6.45, 7) is 2.53. The van der Waals surface area contributed by atoms with Crippen LogP contribution in [0, 0.1) is 0 Å². The SMILES string of the molecule is CCOc1ccc([C@@H]2C3=C(C[C@H](c4ccc(OC)c(OC)c4)CC3=O)Nc3nc(N)nn32)cc1.